The van der Waals surface area contributed by atoms with Gasteiger partial charge in [0.2, 0.25) is 0 Å². The van der Waals surface area contributed by atoms with Gasteiger partial charge in [-0.1, -0.05) is 0 Å². The predicted molar refractivity (Wildman–Crippen MR) is 54.7 cm³/mol. The van der Waals surface area contributed by atoms with Crippen molar-refractivity contribution in [2.75, 3.05) is 26.8 Å². The molecule has 3 nitrogen and oxygen atoms in total. The lowest BCUT2D eigenvalue weighted by Gasteiger charge is -2.11. The van der Waals surface area contributed by atoms with Crippen LogP contribution in [0.25, 0.3) is 0 Å². The van der Waals surface area contributed by atoms with Crippen molar-refractivity contribution in [2.24, 2.45) is 11.7 Å². The summed E-state index contributed by atoms with van der Waals surface area (Å²) in [6.07, 6.45) is 4.95. The molecule has 3 N–H and O–H groups in total. The monoisotopic (exact) mass is 186 g/mol. The Morgan fingerprint density at radius 3 is 2.92 bits per heavy atom. The van der Waals surface area contributed by atoms with Crippen molar-refractivity contribution >= 4 is 0 Å². The van der Waals surface area contributed by atoms with E-state index in [2.05, 4.69) is 5.32 Å². The maximum atomic E-state index is 5.90. The van der Waals surface area contributed by atoms with Crippen LogP contribution in [-0.2, 0) is 4.74 Å². The van der Waals surface area contributed by atoms with Gasteiger partial charge in [0.1, 0.15) is 0 Å². The molecule has 0 heterocycles. The maximum Gasteiger partial charge on any atom is 0.0462 e. The van der Waals surface area contributed by atoms with Gasteiger partial charge in [0.15, 0.2) is 0 Å². The molecule has 0 bridgehead atoms. The van der Waals surface area contributed by atoms with Crippen LogP contribution < -0.4 is 11.1 Å². The van der Waals surface area contributed by atoms with Crippen LogP contribution in [0.2, 0.25) is 0 Å². The Morgan fingerprint density at radius 2 is 2.31 bits per heavy atom. The number of hydrogen-bond acceptors (Lipinski definition) is 3. The molecule has 3 heteroatoms. The minimum atomic E-state index is 0.300. The molecule has 1 aliphatic carbocycles. The van der Waals surface area contributed by atoms with E-state index in [0.29, 0.717) is 6.04 Å². The largest absolute Gasteiger partial charge is 0.385 e. The lowest BCUT2D eigenvalue weighted by molar-refractivity contribution is 0.190. The van der Waals surface area contributed by atoms with E-state index in [1.165, 1.54) is 12.8 Å². The van der Waals surface area contributed by atoms with Crippen molar-refractivity contribution in [1.82, 2.24) is 5.32 Å². The van der Waals surface area contributed by atoms with Crippen LogP contribution in [0.3, 0.4) is 0 Å². The molecule has 0 spiro atoms. The van der Waals surface area contributed by atoms with Crippen LogP contribution in [0.4, 0.5) is 0 Å². The van der Waals surface area contributed by atoms with Crippen molar-refractivity contribution in [3.63, 3.8) is 0 Å². The van der Waals surface area contributed by atoms with Crippen molar-refractivity contribution < 1.29 is 4.74 Å². The second kappa shape index (κ2) is 6.35. The molecule has 1 saturated carbocycles. The Bertz CT molecular complexity index is 126. The first-order valence-corrected chi connectivity index (χ1v) is 5.28. The Balaban J connectivity index is 1.81. The smallest absolute Gasteiger partial charge is 0.0462 e. The van der Waals surface area contributed by atoms with E-state index in [9.17, 15) is 0 Å². The van der Waals surface area contributed by atoms with Crippen LogP contribution >= 0.6 is 0 Å². The molecule has 1 fully saturated rings. The van der Waals surface area contributed by atoms with Crippen molar-refractivity contribution in [1.29, 1.82) is 0 Å². The Kier molecular flexibility index (Phi) is 5.35. The molecular formula is C10H22N2O. The van der Waals surface area contributed by atoms with Gasteiger partial charge in [-0.05, 0) is 38.1 Å². The topological polar surface area (TPSA) is 47.3 Å². The van der Waals surface area contributed by atoms with E-state index in [-0.39, 0.29) is 0 Å². The summed E-state index contributed by atoms with van der Waals surface area (Å²) in [7, 11) is 1.73. The van der Waals surface area contributed by atoms with Crippen LogP contribution in [-0.4, -0.2) is 32.8 Å². The molecule has 0 aromatic rings. The van der Waals surface area contributed by atoms with E-state index < -0.39 is 0 Å². The molecule has 0 aliphatic heterocycles. The zero-order chi connectivity index (χ0) is 9.52. The molecule has 1 aliphatic rings. The van der Waals surface area contributed by atoms with Crippen molar-refractivity contribution in [3.8, 4) is 0 Å². The maximum absolute atomic E-state index is 5.90. The highest BCUT2D eigenvalue weighted by molar-refractivity contribution is 4.76. The second-order valence-electron chi connectivity index (χ2n) is 4.00. The van der Waals surface area contributed by atoms with Gasteiger partial charge in [0.05, 0.1) is 0 Å². The van der Waals surface area contributed by atoms with Gasteiger partial charge >= 0.3 is 0 Å². The third-order valence-corrected chi connectivity index (χ3v) is 2.46. The van der Waals surface area contributed by atoms with Gasteiger partial charge in [-0.15, -0.1) is 0 Å². The fraction of sp³-hybridized carbons (Fsp3) is 1.00. The zero-order valence-electron chi connectivity index (χ0n) is 8.59. The Morgan fingerprint density at radius 1 is 1.54 bits per heavy atom. The van der Waals surface area contributed by atoms with Crippen LogP contribution in [0.1, 0.15) is 25.7 Å². The van der Waals surface area contributed by atoms with Gasteiger partial charge in [-0.25, -0.2) is 0 Å². The number of methoxy groups -OCH3 is 1. The summed E-state index contributed by atoms with van der Waals surface area (Å²) < 4.78 is 4.97. The number of nitrogens with two attached hydrogens (primary N) is 1. The minimum Gasteiger partial charge on any atom is -0.385 e. The van der Waals surface area contributed by atoms with E-state index in [0.717, 1.165) is 38.5 Å². The highest BCUT2D eigenvalue weighted by atomic mass is 16.5. The SMILES string of the molecule is COCCCC(N)CNCC1CC1. The first kappa shape index (κ1) is 11.0. The van der Waals surface area contributed by atoms with Crippen LogP contribution in [0.15, 0.2) is 0 Å². The third-order valence-electron chi connectivity index (χ3n) is 2.46. The molecule has 0 saturated heterocycles. The fourth-order valence-electron chi connectivity index (χ4n) is 1.39. The Hall–Kier alpha value is -0.120. The predicted octanol–water partition coefficient (Wildman–Crippen LogP) is 0.740. The average molecular weight is 186 g/mol. The normalized spacial score (nSPS) is 18.9. The van der Waals surface area contributed by atoms with E-state index in [1.807, 2.05) is 0 Å². The van der Waals surface area contributed by atoms with Gasteiger partial charge in [-0.2, -0.15) is 0 Å². The minimum absolute atomic E-state index is 0.300. The zero-order valence-corrected chi connectivity index (χ0v) is 8.59. The fourth-order valence-corrected chi connectivity index (χ4v) is 1.39. The average Bonchev–Trinajstić information content (AvgIpc) is 2.89. The number of ether oxygens (including phenoxy) is 1. The molecule has 0 amide bonds. The first-order chi connectivity index (χ1) is 6.33. The molecule has 1 atom stereocenters. The van der Waals surface area contributed by atoms with E-state index >= 15 is 0 Å². The molecule has 1 unspecified atom stereocenters. The summed E-state index contributed by atoms with van der Waals surface area (Å²) >= 11 is 0. The van der Waals surface area contributed by atoms with Crippen LogP contribution in [0, 0.1) is 5.92 Å². The highest BCUT2D eigenvalue weighted by Gasteiger charge is 2.20. The summed E-state index contributed by atoms with van der Waals surface area (Å²) in [5.74, 6) is 0.950. The standard InChI is InChI=1S/C10H22N2O/c1-13-6-2-3-10(11)8-12-7-9-4-5-9/h9-10,12H,2-8,11H2,1H3. The van der Waals surface area contributed by atoms with Crippen molar-refractivity contribution in [3.05, 3.63) is 0 Å². The van der Waals surface area contributed by atoms with Crippen molar-refractivity contribution in [2.45, 2.75) is 31.7 Å². The highest BCUT2D eigenvalue weighted by Crippen LogP contribution is 2.27. The summed E-state index contributed by atoms with van der Waals surface area (Å²) in [5, 5.41) is 3.41. The Labute approximate surface area is 81.0 Å². The molecular weight excluding hydrogens is 164 g/mol. The number of hydrogen-bond donors (Lipinski definition) is 2. The molecule has 0 aromatic carbocycles. The molecule has 13 heavy (non-hydrogen) atoms. The van der Waals surface area contributed by atoms with Gasteiger partial charge < -0.3 is 15.8 Å². The lowest BCUT2D eigenvalue weighted by Crippen LogP contribution is -2.34. The molecule has 0 radical (unpaired) electrons. The summed E-state index contributed by atoms with van der Waals surface area (Å²) in [4.78, 5) is 0. The summed E-state index contributed by atoms with van der Waals surface area (Å²) in [6.45, 7) is 2.95. The lowest BCUT2D eigenvalue weighted by atomic mass is 10.2. The quantitative estimate of drug-likeness (QED) is 0.550. The summed E-state index contributed by atoms with van der Waals surface area (Å²) in [5.41, 5.74) is 5.90. The molecule has 1 rings (SSSR count). The third kappa shape index (κ3) is 6.02. The molecule has 78 valence electrons. The van der Waals surface area contributed by atoms with Crippen LogP contribution in [0.5, 0.6) is 0 Å². The van der Waals surface area contributed by atoms with E-state index in [1.54, 1.807) is 7.11 Å². The second-order valence-corrected chi connectivity index (χ2v) is 4.00. The van der Waals surface area contributed by atoms with Gasteiger partial charge in [0.25, 0.3) is 0 Å². The van der Waals surface area contributed by atoms with Gasteiger partial charge in [0, 0.05) is 26.3 Å². The number of nitrogens with one attached hydrogen (secondary N) is 1. The van der Waals surface area contributed by atoms with E-state index in [4.69, 9.17) is 10.5 Å². The summed E-state index contributed by atoms with van der Waals surface area (Å²) in [6, 6.07) is 0.300. The van der Waals surface area contributed by atoms with Gasteiger partial charge in [-0.3, -0.25) is 0 Å². The number of rotatable bonds is 8. The first-order valence-electron chi connectivity index (χ1n) is 5.28. The molecule has 0 aromatic heterocycles.